The predicted molar refractivity (Wildman–Crippen MR) is 76.0 cm³/mol. The number of carbonyl (C=O) groups is 1. The monoisotopic (exact) mass is 355 g/mol. The highest BCUT2D eigenvalue weighted by Crippen LogP contribution is 2.19. The third-order valence-corrected chi connectivity index (χ3v) is 4.38. The van der Waals surface area contributed by atoms with Crippen molar-refractivity contribution in [3.63, 3.8) is 0 Å². The molecule has 1 amide bonds. The molecule has 1 N–H and O–H groups in total. The van der Waals surface area contributed by atoms with Gasteiger partial charge in [-0.15, -0.1) is 23.2 Å². The minimum absolute atomic E-state index is 0.223. The molecule has 0 fully saturated rings. The zero-order valence-electron chi connectivity index (χ0n) is 9.77. The first-order valence-corrected chi connectivity index (χ1v) is 7.23. The summed E-state index contributed by atoms with van der Waals surface area (Å²) in [6.07, 6.45) is 0.619. The van der Waals surface area contributed by atoms with Crippen molar-refractivity contribution >= 4 is 45.0 Å². The van der Waals surface area contributed by atoms with Crippen LogP contribution in [0.3, 0.4) is 0 Å². The Hall–Kier alpha value is -0.320. The lowest BCUT2D eigenvalue weighted by Gasteiger charge is -2.29. The Labute approximate surface area is 124 Å². The maximum absolute atomic E-state index is 13.1. The molecule has 1 aromatic carbocycles. The number of carbonyl (C=O) groups excluding carboxylic acids is 1. The van der Waals surface area contributed by atoms with Crippen LogP contribution in [0.15, 0.2) is 22.7 Å². The first-order valence-electron chi connectivity index (χ1n) is 5.37. The van der Waals surface area contributed by atoms with Crippen LogP contribution < -0.4 is 5.32 Å². The summed E-state index contributed by atoms with van der Waals surface area (Å²) in [5.41, 5.74) is -0.280. The van der Waals surface area contributed by atoms with Crippen molar-refractivity contribution in [3.05, 3.63) is 34.1 Å². The lowest BCUT2D eigenvalue weighted by Crippen LogP contribution is -2.51. The summed E-state index contributed by atoms with van der Waals surface area (Å²) in [4.78, 5) is 12.0. The number of hydrogen-bond acceptors (Lipinski definition) is 1. The van der Waals surface area contributed by atoms with Gasteiger partial charge in [0.05, 0.1) is 10.0 Å². The van der Waals surface area contributed by atoms with E-state index in [-0.39, 0.29) is 22.1 Å². The smallest absolute Gasteiger partial charge is 0.251 e. The van der Waals surface area contributed by atoms with Crippen LogP contribution in [-0.2, 0) is 0 Å². The summed E-state index contributed by atoms with van der Waals surface area (Å²) in [5.74, 6) is -0.288. The van der Waals surface area contributed by atoms with Crippen molar-refractivity contribution in [1.29, 1.82) is 0 Å². The Morgan fingerprint density at radius 1 is 1.44 bits per heavy atom. The van der Waals surface area contributed by atoms with Crippen LogP contribution in [0.5, 0.6) is 0 Å². The first kappa shape index (κ1) is 15.7. The Kier molecular flexibility index (Phi) is 5.89. The molecule has 18 heavy (non-hydrogen) atoms. The molecule has 0 saturated heterocycles. The Morgan fingerprint density at radius 3 is 2.50 bits per heavy atom. The van der Waals surface area contributed by atoms with Gasteiger partial charge in [-0.05, 0) is 40.5 Å². The van der Waals surface area contributed by atoms with Crippen molar-refractivity contribution < 1.29 is 9.18 Å². The zero-order chi connectivity index (χ0) is 13.8. The van der Waals surface area contributed by atoms with E-state index in [1.807, 2.05) is 6.92 Å². The van der Waals surface area contributed by atoms with Gasteiger partial charge in [0.2, 0.25) is 0 Å². The predicted octanol–water partition coefficient (Wildman–Crippen LogP) is 3.94. The first-order chi connectivity index (χ1) is 8.48. The summed E-state index contributed by atoms with van der Waals surface area (Å²) < 4.78 is 13.3. The molecule has 1 aromatic rings. The standard InChI is InChI=1S/C12H13BrCl2FNO/c1-2-12(6-14,7-15)17-11(18)8-3-4-10(16)9(13)5-8/h3-5H,2,6-7H2,1H3,(H,17,18). The van der Waals surface area contributed by atoms with Crippen molar-refractivity contribution in [3.8, 4) is 0 Å². The molecule has 0 aromatic heterocycles. The molecule has 0 aliphatic heterocycles. The molecule has 1 rings (SSSR count). The van der Waals surface area contributed by atoms with Gasteiger partial charge in [0.15, 0.2) is 0 Å². The summed E-state index contributed by atoms with van der Waals surface area (Å²) in [5, 5.41) is 2.80. The van der Waals surface area contributed by atoms with Crippen LogP contribution in [0.25, 0.3) is 0 Å². The summed E-state index contributed by atoms with van der Waals surface area (Å²) >= 11 is 14.7. The van der Waals surface area contributed by atoms with Gasteiger partial charge in [0.1, 0.15) is 5.82 Å². The van der Waals surface area contributed by atoms with Crippen molar-refractivity contribution in [2.75, 3.05) is 11.8 Å². The van der Waals surface area contributed by atoms with Crippen LogP contribution in [0, 0.1) is 5.82 Å². The maximum Gasteiger partial charge on any atom is 0.251 e. The topological polar surface area (TPSA) is 29.1 Å². The molecular weight excluding hydrogens is 344 g/mol. The zero-order valence-corrected chi connectivity index (χ0v) is 12.9. The molecule has 0 aliphatic rings. The highest BCUT2D eigenvalue weighted by Gasteiger charge is 2.28. The van der Waals surface area contributed by atoms with Gasteiger partial charge >= 0.3 is 0 Å². The normalized spacial score (nSPS) is 11.4. The molecule has 0 aliphatic carbocycles. The summed E-state index contributed by atoms with van der Waals surface area (Å²) in [6, 6.07) is 4.07. The number of benzene rings is 1. The highest BCUT2D eigenvalue weighted by atomic mass is 79.9. The number of hydrogen-bond donors (Lipinski definition) is 1. The minimum atomic E-state index is -0.638. The van der Waals surface area contributed by atoms with E-state index in [9.17, 15) is 9.18 Å². The number of rotatable bonds is 5. The van der Waals surface area contributed by atoms with Gasteiger partial charge in [0, 0.05) is 17.3 Å². The fourth-order valence-electron chi connectivity index (χ4n) is 1.33. The van der Waals surface area contributed by atoms with Crippen LogP contribution in [0.1, 0.15) is 23.7 Å². The maximum atomic E-state index is 13.1. The molecule has 0 heterocycles. The SMILES string of the molecule is CCC(CCl)(CCl)NC(=O)c1ccc(F)c(Br)c1. The molecule has 0 radical (unpaired) electrons. The van der Waals surface area contributed by atoms with Crippen LogP contribution in [0.4, 0.5) is 4.39 Å². The Balaban J connectivity index is 2.90. The second-order valence-corrected chi connectivity index (χ2v) is 5.37. The lowest BCUT2D eigenvalue weighted by atomic mass is 10.0. The summed E-state index contributed by atoms with van der Waals surface area (Å²) in [6.45, 7) is 1.89. The molecule has 2 nitrogen and oxygen atoms in total. The number of nitrogens with one attached hydrogen (secondary N) is 1. The number of alkyl halides is 2. The van der Waals surface area contributed by atoms with Crippen LogP contribution in [0.2, 0.25) is 0 Å². The fraction of sp³-hybridized carbons (Fsp3) is 0.417. The third-order valence-electron chi connectivity index (χ3n) is 2.75. The van der Waals surface area contributed by atoms with Gasteiger partial charge in [-0.1, -0.05) is 6.92 Å². The fourth-order valence-corrected chi connectivity index (χ4v) is 2.51. The highest BCUT2D eigenvalue weighted by molar-refractivity contribution is 9.10. The molecule has 0 atom stereocenters. The lowest BCUT2D eigenvalue weighted by molar-refractivity contribution is 0.0913. The average Bonchev–Trinajstić information content (AvgIpc) is 2.39. The van der Waals surface area contributed by atoms with Gasteiger partial charge in [-0.25, -0.2) is 4.39 Å². The third kappa shape index (κ3) is 3.59. The Bertz CT molecular complexity index is 430. The molecule has 0 unspecified atom stereocenters. The van der Waals surface area contributed by atoms with E-state index in [0.29, 0.717) is 12.0 Å². The molecular formula is C12H13BrCl2FNO. The largest absolute Gasteiger partial charge is 0.344 e. The molecule has 0 bridgehead atoms. The molecule has 6 heteroatoms. The van der Waals surface area contributed by atoms with E-state index in [2.05, 4.69) is 21.2 Å². The average molecular weight is 357 g/mol. The van der Waals surface area contributed by atoms with E-state index in [1.165, 1.54) is 18.2 Å². The molecule has 0 spiro atoms. The van der Waals surface area contributed by atoms with Gasteiger partial charge in [0.25, 0.3) is 5.91 Å². The van der Waals surface area contributed by atoms with Gasteiger partial charge in [-0.2, -0.15) is 0 Å². The Morgan fingerprint density at radius 2 is 2.06 bits per heavy atom. The van der Waals surface area contributed by atoms with Gasteiger partial charge in [-0.3, -0.25) is 4.79 Å². The number of halogens is 4. The minimum Gasteiger partial charge on any atom is -0.344 e. The second-order valence-electron chi connectivity index (χ2n) is 3.98. The van der Waals surface area contributed by atoms with Crippen LogP contribution in [-0.4, -0.2) is 23.2 Å². The van der Waals surface area contributed by atoms with Crippen LogP contribution >= 0.6 is 39.1 Å². The second kappa shape index (κ2) is 6.73. The van der Waals surface area contributed by atoms with Gasteiger partial charge < -0.3 is 5.32 Å². The number of amides is 1. The van der Waals surface area contributed by atoms with E-state index >= 15 is 0 Å². The van der Waals surface area contributed by atoms with Crippen molar-refractivity contribution in [1.82, 2.24) is 5.32 Å². The van der Waals surface area contributed by atoms with E-state index < -0.39 is 11.4 Å². The van der Waals surface area contributed by atoms with Crippen molar-refractivity contribution in [2.45, 2.75) is 18.9 Å². The summed E-state index contributed by atoms with van der Waals surface area (Å²) in [7, 11) is 0. The van der Waals surface area contributed by atoms with E-state index in [0.717, 1.165) is 0 Å². The molecule has 0 saturated carbocycles. The van der Waals surface area contributed by atoms with E-state index in [1.54, 1.807) is 0 Å². The molecule has 100 valence electrons. The quantitative estimate of drug-likeness (QED) is 0.795. The van der Waals surface area contributed by atoms with Crippen molar-refractivity contribution in [2.24, 2.45) is 0 Å². The van der Waals surface area contributed by atoms with E-state index in [4.69, 9.17) is 23.2 Å².